The lowest BCUT2D eigenvalue weighted by Crippen LogP contribution is -2.33. The highest BCUT2D eigenvalue weighted by Gasteiger charge is 2.14. The van der Waals surface area contributed by atoms with Crippen molar-refractivity contribution in [2.45, 2.75) is 12.5 Å². The van der Waals surface area contributed by atoms with Gasteiger partial charge in [0, 0.05) is 0 Å². The lowest BCUT2D eigenvalue weighted by molar-refractivity contribution is -0.142. The Morgan fingerprint density at radius 2 is 2.12 bits per heavy atom. The van der Waals surface area contributed by atoms with Gasteiger partial charge >= 0.3 is 5.97 Å². The summed E-state index contributed by atoms with van der Waals surface area (Å²) in [4.78, 5) is 11.1. The van der Waals surface area contributed by atoms with Crippen LogP contribution in [0.5, 0.6) is 5.75 Å². The number of carbonyl (C=O) groups is 1. The molecule has 0 spiro atoms. The van der Waals surface area contributed by atoms with E-state index in [1.54, 1.807) is 18.2 Å². The molecular weight excluding hydrogens is 208 g/mol. The molecule has 88 valence electrons. The van der Waals surface area contributed by atoms with Gasteiger partial charge < -0.3 is 20.9 Å². The first-order chi connectivity index (χ1) is 7.58. The molecule has 0 heterocycles. The predicted molar refractivity (Wildman–Crippen MR) is 61.1 cm³/mol. The lowest BCUT2D eigenvalue weighted by atomic mass is 10.1. The standard InChI is InChI=1S/C11H16N2O3/c1-15-10-6-7(3-4-8(10)12)5-9(13)11(14)16-2/h3-4,6,9H,5,12-13H2,1-2H3/t9-/m0/s1. The van der Waals surface area contributed by atoms with Crippen LogP contribution in [0.3, 0.4) is 0 Å². The summed E-state index contributed by atoms with van der Waals surface area (Å²) in [5, 5.41) is 0. The second-order valence-electron chi connectivity index (χ2n) is 3.41. The fraction of sp³-hybridized carbons (Fsp3) is 0.364. The lowest BCUT2D eigenvalue weighted by Gasteiger charge is -2.11. The molecule has 0 saturated heterocycles. The zero-order valence-electron chi connectivity index (χ0n) is 9.40. The van der Waals surface area contributed by atoms with Crippen LogP contribution >= 0.6 is 0 Å². The SMILES string of the molecule is COC(=O)[C@@H](N)Cc1ccc(N)c(OC)c1. The highest BCUT2D eigenvalue weighted by atomic mass is 16.5. The number of carbonyl (C=O) groups excluding carboxylic acids is 1. The first-order valence-electron chi connectivity index (χ1n) is 4.84. The van der Waals surface area contributed by atoms with Crippen molar-refractivity contribution in [1.29, 1.82) is 0 Å². The second kappa shape index (κ2) is 5.37. The van der Waals surface area contributed by atoms with Gasteiger partial charge in [0.25, 0.3) is 0 Å². The van der Waals surface area contributed by atoms with Crippen molar-refractivity contribution in [3.8, 4) is 5.75 Å². The van der Waals surface area contributed by atoms with E-state index >= 15 is 0 Å². The third-order valence-electron chi connectivity index (χ3n) is 2.26. The summed E-state index contributed by atoms with van der Waals surface area (Å²) < 4.78 is 9.62. The monoisotopic (exact) mass is 224 g/mol. The summed E-state index contributed by atoms with van der Waals surface area (Å²) in [5.74, 6) is 0.144. The summed E-state index contributed by atoms with van der Waals surface area (Å²) in [6, 6.07) is 4.62. The topological polar surface area (TPSA) is 87.6 Å². The number of hydrogen-bond acceptors (Lipinski definition) is 5. The maximum absolute atomic E-state index is 11.1. The van der Waals surface area contributed by atoms with Crippen molar-refractivity contribution in [1.82, 2.24) is 0 Å². The van der Waals surface area contributed by atoms with Crippen LogP contribution in [0.4, 0.5) is 5.69 Å². The van der Waals surface area contributed by atoms with E-state index in [-0.39, 0.29) is 0 Å². The number of nitrogen functional groups attached to an aromatic ring is 1. The number of ether oxygens (including phenoxy) is 2. The number of hydrogen-bond donors (Lipinski definition) is 2. The van der Waals surface area contributed by atoms with Gasteiger partial charge in [-0.25, -0.2) is 0 Å². The fourth-order valence-corrected chi connectivity index (χ4v) is 1.37. The fourth-order valence-electron chi connectivity index (χ4n) is 1.37. The zero-order chi connectivity index (χ0) is 12.1. The molecule has 0 bridgehead atoms. The van der Waals surface area contributed by atoms with E-state index in [2.05, 4.69) is 4.74 Å². The minimum absolute atomic E-state index is 0.392. The van der Waals surface area contributed by atoms with Gasteiger partial charge in [0.1, 0.15) is 11.8 Å². The first-order valence-corrected chi connectivity index (χ1v) is 4.84. The van der Waals surface area contributed by atoms with Gasteiger partial charge in [-0.2, -0.15) is 0 Å². The van der Waals surface area contributed by atoms with Crippen molar-refractivity contribution in [2.24, 2.45) is 5.73 Å². The molecule has 1 atom stereocenters. The third-order valence-corrected chi connectivity index (χ3v) is 2.26. The predicted octanol–water partition coefficient (Wildman–Crippen LogP) is 0.320. The number of anilines is 1. The number of benzene rings is 1. The van der Waals surface area contributed by atoms with Crippen LogP contribution in [0.25, 0.3) is 0 Å². The van der Waals surface area contributed by atoms with Crippen LogP contribution in [0.1, 0.15) is 5.56 Å². The molecule has 0 aliphatic rings. The van der Waals surface area contributed by atoms with Crippen molar-refractivity contribution < 1.29 is 14.3 Å². The van der Waals surface area contributed by atoms with Crippen molar-refractivity contribution in [3.05, 3.63) is 23.8 Å². The highest BCUT2D eigenvalue weighted by Crippen LogP contribution is 2.22. The van der Waals surface area contributed by atoms with E-state index in [9.17, 15) is 4.79 Å². The van der Waals surface area contributed by atoms with Crippen LogP contribution in [0.15, 0.2) is 18.2 Å². The van der Waals surface area contributed by atoms with Gasteiger partial charge in [0.15, 0.2) is 0 Å². The zero-order valence-corrected chi connectivity index (χ0v) is 9.40. The first kappa shape index (κ1) is 12.3. The second-order valence-corrected chi connectivity index (χ2v) is 3.41. The molecular formula is C11H16N2O3. The van der Waals surface area contributed by atoms with Gasteiger partial charge in [-0.05, 0) is 24.1 Å². The third kappa shape index (κ3) is 2.87. The van der Waals surface area contributed by atoms with E-state index in [0.29, 0.717) is 17.9 Å². The summed E-state index contributed by atoms with van der Waals surface area (Å²) in [6.07, 6.45) is 0.392. The van der Waals surface area contributed by atoms with Crippen molar-refractivity contribution in [3.63, 3.8) is 0 Å². The highest BCUT2D eigenvalue weighted by molar-refractivity contribution is 5.75. The molecule has 0 amide bonds. The molecule has 0 aliphatic heterocycles. The molecule has 0 saturated carbocycles. The molecule has 4 N–H and O–H groups in total. The molecule has 0 radical (unpaired) electrons. The van der Waals surface area contributed by atoms with Gasteiger partial charge in [-0.15, -0.1) is 0 Å². The molecule has 0 unspecified atom stereocenters. The van der Waals surface area contributed by atoms with Gasteiger partial charge in [0.2, 0.25) is 0 Å². The maximum Gasteiger partial charge on any atom is 0.322 e. The molecule has 0 aromatic heterocycles. The van der Waals surface area contributed by atoms with Crippen LogP contribution in [0.2, 0.25) is 0 Å². The van der Waals surface area contributed by atoms with E-state index < -0.39 is 12.0 Å². The van der Waals surface area contributed by atoms with Crippen molar-refractivity contribution in [2.75, 3.05) is 20.0 Å². The number of nitrogens with two attached hydrogens (primary N) is 2. The van der Waals surface area contributed by atoms with Gasteiger partial charge in [-0.1, -0.05) is 6.07 Å². The molecule has 1 aromatic carbocycles. The Morgan fingerprint density at radius 1 is 1.44 bits per heavy atom. The quantitative estimate of drug-likeness (QED) is 0.568. The maximum atomic E-state index is 11.1. The summed E-state index contributed by atoms with van der Waals surface area (Å²) in [5.41, 5.74) is 12.7. The molecule has 1 rings (SSSR count). The van der Waals surface area contributed by atoms with Crippen LogP contribution in [-0.4, -0.2) is 26.2 Å². The number of esters is 1. The minimum Gasteiger partial charge on any atom is -0.495 e. The van der Waals surface area contributed by atoms with Crippen LogP contribution in [-0.2, 0) is 16.0 Å². The van der Waals surface area contributed by atoms with Gasteiger partial charge in [0.05, 0.1) is 19.9 Å². The molecule has 5 heteroatoms. The Labute approximate surface area is 94.3 Å². The molecule has 0 aliphatic carbocycles. The normalized spacial score (nSPS) is 11.9. The Balaban J connectivity index is 2.78. The molecule has 0 fully saturated rings. The number of rotatable bonds is 4. The molecule has 5 nitrogen and oxygen atoms in total. The Morgan fingerprint density at radius 3 is 2.69 bits per heavy atom. The summed E-state index contributed by atoms with van der Waals surface area (Å²) >= 11 is 0. The minimum atomic E-state index is -0.668. The van der Waals surface area contributed by atoms with Crippen molar-refractivity contribution >= 4 is 11.7 Å². The van der Waals surface area contributed by atoms with E-state index in [4.69, 9.17) is 16.2 Å². The number of methoxy groups -OCH3 is 2. The van der Waals surface area contributed by atoms with Crippen LogP contribution < -0.4 is 16.2 Å². The molecule has 16 heavy (non-hydrogen) atoms. The van der Waals surface area contributed by atoms with E-state index in [0.717, 1.165) is 5.56 Å². The average Bonchev–Trinajstić information content (AvgIpc) is 2.30. The van der Waals surface area contributed by atoms with E-state index in [1.165, 1.54) is 14.2 Å². The summed E-state index contributed by atoms with van der Waals surface area (Å²) in [6.45, 7) is 0. The average molecular weight is 224 g/mol. The summed E-state index contributed by atoms with van der Waals surface area (Å²) in [7, 11) is 2.85. The Bertz CT molecular complexity index is 379. The van der Waals surface area contributed by atoms with Gasteiger partial charge in [-0.3, -0.25) is 4.79 Å². The smallest absolute Gasteiger partial charge is 0.322 e. The largest absolute Gasteiger partial charge is 0.495 e. The van der Waals surface area contributed by atoms with Crippen LogP contribution in [0, 0.1) is 0 Å². The Kier molecular flexibility index (Phi) is 4.13. The van der Waals surface area contributed by atoms with E-state index in [1.807, 2.05) is 0 Å². The Hall–Kier alpha value is -1.75. The molecule has 1 aromatic rings.